The van der Waals surface area contributed by atoms with E-state index in [-0.39, 0.29) is 12.0 Å². The quantitative estimate of drug-likeness (QED) is 0.922. The summed E-state index contributed by atoms with van der Waals surface area (Å²) in [6.07, 6.45) is 1.96. The number of benzene rings is 1. The molecule has 0 aliphatic carbocycles. The molecule has 0 radical (unpaired) electrons. The van der Waals surface area contributed by atoms with E-state index in [2.05, 4.69) is 0 Å². The second kappa shape index (κ2) is 7.61. The van der Waals surface area contributed by atoms with Gasteiger partial charge in [0.1, 0.15) is 23.3 Å². The number of carbonyl (C=O) groups excluding carboxylic acids is 1. The molecule has 1 fully saturated rings. The van der Waals surface area contributed by atoms with E-state index in [0.29, 0.717) is 43.1 Å². The number of aliphatic hydroxyl groups excluding tert-OH is 1. The van der Waals surface area contributed by atoms with E-state index >= 15 is 0 Å². The highest BCUT2D eigenvalue weighted by molar-refractivity contribution is 5.92. The van der Waals surface area contributed by atoms with Crippen LogP contribution < -0.4 is 9.47 Å². The van der Waals surface area contributed by atoms with E-state index in [1.165, 1.54) is 0 Å². The van der Waals surface area contributed by atoms with Crippen molar-refractivity contribution in [1.82, 2.24) is 9.47 Å². The topological polar surface area (TPSA) is 63.9 Å². The molecule has 2 atom stereocenters. The van der Waals surface area contributed by atoms with E-state index in [0.717, 1.165) is 0 Å². The molecule has 0 saturated carbocycles. The van der Waals surface area contributed by atoms with Gasteiger partial charge < -0.3 is 24.0 Å². The van der Waals surface area contributed by atoms with Gasteiger partial charge in [0.2, 0.25) is 0 Å². The van der Waals surface area contributed by atoms with Crippen molar-refractivity contribution in [2.75, 3.05) is 20.2 Å². The van der Waals surface area contributed by atoms with Crippen LogP contribution in [0.3, 0.4) is 0 Å². The van der Waals surface area contributed by atoms with Gasteiger partial charge in [-0.15, -0.1) is 0 Å². The molecule has 1 amide bonds. The van der Waals surface area contributed by atoms with Gasteiger partial charge in [-0.1, -0.05) is 6.07 Å². The minimum atomic E-state index is -0.614. The molecule has 134 valence electrons. The van der Waals surface area contributed by atoms with Gasteiger partial charge in [-0.05, 0) is 30.7 Å². The van der Waals surface area contributed by atoms with Gasteiger partial charge in [-0.2, -0.15) is 0 Å². The summed E-state index contributed by atoms with van der Waals surface area (Å²) in [4.78, 5) is 14.4. The van der Waals surface area contributed by atoms with Crippen LogP contribution in [0.5, 0.6) is 11.5 Å². The van der Waals surface area contributed by atoms with Crippen molar-refractivity contribution in [3.8, 4) is 11.5 Å². The molecule has 1 saturated heterocycles. The lowest BCUT2D eigenvalue weighted by Gasteiger charge is -2.22. The highest BCUT2D eigenvalue weighted by Crippen LogP contribution is 2.24. The van der Waals surface area contributed by atoms with Crippen LogP contribution in [0.2, 0.25) is 0 Å². The minimum absolute atomic E-state index is 0.0123. The first-order chi connectivity index (χ1) is 12.1. The van der Waals surface area contributed by atoms with Crippen LogP contribution in [0, 0.1) is 0 Å². The molecule has 1 aliphatic heterocycles. The zero-order chi connectivity index (χ0) is 17.8. The number of ether oxygens (including phenoxy) is 2. The summed E-state index contributed by atoms with van der Waals surface area (Å²) in [6, 6.07) is 11.0. The van der Waals surface area contributed by atoms with E-state index in [4.69, 9.17) is 9.47 Å². The zero-order valence-corrected chi connectivity index (χ0v) is 14.6. The fraction of sp³-hybridized carbons (Fsp3) is 0.421. The van der Waals surface area contributed by atoms with Crippen molar-refractivity contribution in [3.05, 3.63) is 48.3 Å². The maximum Gasteiger partial charge on any atom is 0.270 e. The molecule has 3 rings (SSSR count). The molecule has 1 N–H and O–H groups in total. The third-order valence-electron chi connectivity index (χ3n) is 4.59. The number of nitrogens with zero attached hydrogens (tertiary/aromatic N) is 2. The molecule has 1 aliphatic rings. The molecule has 0 spiro atoms. The standard InChI is InChI=1S/C19H24N2O4/c1-20-10-4-7-16(20)19(23)21-11-8-17(22)18(9-12-21)25-15-6-3-5-14(13-15)24-2/h3-7,10,13,17-18,22H,8-9,11-12H2,1-2H3/t17-,18-/m0/s1. The molecule has 1 aromatic carbocycles. The zero-order valence-electron chi connectivity index (χ0n) is 14.6. The Bertz CT molecular complexity index is 728. The van der Waals surface area contributed by atoms with Crippen LogP contribution in [-0.4, -0.2) is 52.9 Å². The lowest BCUT2D eigenvalue weighted by Crippen LogP contribution is -2.33. The highest BCUT2D eigenvalue weighted by atomic mass is 16.5. The van der Waals surface area contributed by atoms with Crippen LogP contribution in [0.25, 0.3) is 0 Å². The summed E-state index contributed by atoms with van der Waals surface area (Å²) < 4.78 is 13.0. The highest BCUT2D eigenvalue weighted by Gasteiger charge is 2.29. The van der Waals surface area contributed by atoms with Crippen LogP contribution in [0.4, 0.5) is 0 Å². The molecule has 2 aromatic rings. The summed E-state index contributed by atoms with van der Waals surface area (Å²) in [5.74, 6) is 1.36. The van der Waals surface area contributed by atoms with Gasteiger partial charge in [-0.25, -0.2) is 0 Å². The molecule has 1 aromatic heterocycles. The monoisotopic (exact) mass is 344 g/mol. The van der Waals surface area contributed by atoms with Crippen LogP contribution in [-0.2, 0) is 7.05 Å². The van der Waals surface area contributed by atoms with E-state index < -0.39 is 6.10 Å². The Morgan fingerprint density at radius 3 is 2.64 bits per heavy atom. The first-order valence-corrected chi connectivity index (χ1v) is 8.48. The van der Waals surface area contributed by atoms with Crippen LogP contribution in [0.1, 0.15) is 23.3 Å². The van der Waals surface area contributed by atoms with Gasteiger partial charge >= 0.3 is 0 Å². The van der Waals surface area contributed by atoms with Gasteiger partial charge in [0.15, 0.2) is 0 Å². The Morgan fingerprint density at radius 2 is 1.92 bits per heavy atom. The average Bonchev–Trinajstić information content (AvgIpc) is 2.97. The average molecular weight is 344 g/mol. The Labute approximate surface area is 147 Å². The Balaban J connectivity index is 1.66. The predicted octanol–water partition coefficient (Wildman–Crippen LogP) is 2.08. The number of rotatable bonds is 4. The van der Waals surface area contributed by atoms with Crippen molar-refractivity contribution in [2.45, 2.75) is 25.0 Å². The Kier molecular flexibility index (Phi) is 5.28. The molecule has 6 nitrogen and oxygen atoms in total. The maximum absolute atomic E-state index is 12.7. The Morgan fingerprint density at radius 1 is 1.16 bits per heavy atom. The second-order valence-corrected chi connectivity index (χ2v) is 6.28. The van der Waals surface area contributed by atoms with Crippen molar-refractivity contribution < 1.29 is 19.4 Å². The SMILES string of the molecule is COc1cccc(O[C@H]2CCN(C(=O)c3cccn3C)CC[C@@H]2O)c1. The largest absolute Gasteiger partial charge is 0.497 e. The summed E-state index contributed by atoms with van der Waals surface area (Å²) in [7, 11) is 3.46. The predicted molar refractivity (Wildman–Crippen MR) is 94.0 cm³/mol. The lowest BCUT2D eigenvalue weighted by atomic mass is 10.1. The third kappa shape index (κ3) is 3.96. The molecular formula is C19H24N2O4. The number of likely N-dealkylation sites (tertiary alicyclic amines) is 1. The van der Waals surface area contributed by atoms with Gasteiger partial charge in [0.05, 0.1) is 13.2 Å². The van der Waals surface area contributed by atoms with Gasteiger partial charge in [0, 0.05) is 38.8 Å². The smallest absolute Gasteiger partial charge is 0.270 e. The molecule has 6 heteroatoms. The fourth-order valence-corrected chi connectivity index (χ4v) is 3.10. The van der Waals surface area contributed by atoms with Crippen molar-refractivity contribution in [1.29, 1.82) is 0 Å². The molecular weight excluding hydrogens is 320 g/mol. The number of aryl methyl sites for hydroxylation is 1. The maximum atomic E-state index is 12.7. The number of aromatic nitrogens is 1. The number of hydrogen-bond donors (Lipinski definition) is 1. The van der Waals surface area contributed by atoms with E-state index in [1.807, 2.05) is 48.1 Å². The van der Waals surface area contributed by atoms with Crippen molar-refractivity contribution >= 4 is 5.91 Å². The number of amides is 1. The summed E-state index contributed by atoms with van der Waals surface area (Å²) in [5, 5.41) is 10.4. The van der Waals surface area contributed by atoms with Crippen molar-refractivity contribution in [2.24, 2.45) is 7.05 Å². The van der Waals surface area contributed by atoms with Gasteiger partial charge in [-0.3, -0.25) is 4.79 Å². The number of methoxy groups -OCH3 is 1. The summed E-state index contributed by atoms with van der Waals surface area (Å²) >= 11 is 0. The molecule has 25 heavy (non-hydrogen) atoms. The minimum Gasteiger partial charge on any atom is -0.497 e. The summed E-state index contributed by atoms with van der Waals surface area (Å²) in [6.45, 7) is 1.07. The molecule has 0 unspecified atom stereocenters. The van der Waals surface area contributed by atoms with E-state index in [1.54, 1.807) is 18.1 Å². The number of carbonyl (C=O) groups is 1. The van der Waals surface area contributed by atoms with Crippen molar-refractivity contribution in [3.63, 3.8) is 0 Å². The number of aliphatic hydroxyl groups is 1. The lowest BCUT2D eigenvalue weighted by molar-refractivity contribution is 0.0349. The first kappa shape index (κ1) is 17.4. The van der Waals surface area contributed by atoms with Crippen LogP contribution >= 0.6 is 0 Å². The van der Waals surface area contributed by atoms with Gasteiger partial charge in [0.25, 0.3) is 5.91 Å². The second-order valence-electron chi connectivity index (χ2n) is 6.28. The molecule has 2 heterocycles. The van der Waals surface area contributed by atoms with Crippen LogP contribution in [0.15, 0.2) is 42.6 Å². The molecule has 0 bridgehead atoms. The number of hydrogen-bond acceptors (Lipinski definition) is 4. The summed E-state index contributed by atoms with van der Waals surface area (Å²) in [5.41, 5.74) is 0.654. The Hall–Kier alpha value is -2.47. The fourth-order valence-electron chi connectivity index (χ4n) is 3.10. The van der Waals surface area contributed by atoms with E-state index in [9.17, 15) is 9.90 Å². The first-order valence-electron chi connectivity index (χ1n) is 8.48. The normalized spacial score (nSPS) is 20.8. The third-order valence-corrected chi connectivity index (χ3v) is 4.59.